The summed E-state index contributed by atoms with van der Waals surface area (Å²) in [5.41, 5.74) is 12.4. The number of para-hydroxylation sites is 1. The smallest absolute Gasteiger partial charge is 0.459 e. The van der Waals surface area contributed by atoms with Gasteiger partial charge in [0.25, 0.3) is 0 Å². The molecular weight excluding hydrogens is 549 g/mol. The Balaban J connectivity index is 1.68. The Morgan fingerprint density at radius 1 is 1.30 bits per heavy atom. The number of azide groups is 1. The molecule has 1 aromatic carbocycles. The van der Waals surface area contributed by atoms with E-state index in [1.165, 1.54) is 31.3 Å². The van der Waals surface area contributed by atoms with Crippen molar-refractivity contribution in [2.24, 2.45) is 5.11 Å². The lowest BCUT2D eigenvalue weighted by molar-refractivity contribution is -0.224. The molecule has 0 bridgehead atoms. The summed E-state index contributed by atoms with van der Waals surface area (Å²) in [6, 6.07) is 8.36. The number of hydrogen-bond donors (Lipinski definition) is 2. The molecule has 2 aromatic rings. The topological polar surface area (TPSA) is 211 Å². The molecule has 17 heteroatoms. The fourth-order valence-corrected chi connectivity index (χ4v) is 5.78. The van der Waals surface area contributed by atoms with E-state index in [2.05, 4.69) is 20.1 Å². The van der Waals surface area contributed by atoms with Crippen LogP contribution in [-0.4, -0.2) is 58.5 Å². The molecule has 4 rings (SSSR count). The quantitative estimate of drug-likeness (QED) is 0.129. The van der Waals surface area contributed by atoms with Gasteiger partial charge < -0.3 is 29.2 Å². The standard InChI is InChI=1S/C23H30N7O9P/c1-5-34-20(31)14(2)27-40(33,39-15-9-7-6-8-10-15)35-13-23(28-29-25)18-17(36-22(3,4)37-18)19(38-23)30-12-11-16(24)26-21(30)32/h6-12,14,17-19H,5,13H2,1-4H3,(H,27,33)(H2,24,26,32)/t14-,17+,18-,19+,23+,40?/m0/s1. The van der Waals surface area contributed by atoms with Crippen LogP contribution >= 0.6 is 7.75 Å². The second-order valence-electron chi connectivity index (χ2n) is 9.38. The second-order valence-corrected chi connectivity index (χ2v) is 11.1. The summed E-state index contributed by atoms with van der Waals surface area (Å²) in [6.07, 6.45) is -1.95. The van der Waals surface area contributed by atoms with Crippen molar-refractivity contribution in [3.8, 4) is 5.75 Å². The summed E-state index contributed by atoms with van der Waals surface area (Å²) in [6.45, 7) is 5.70. The number of ether oxygens (including phenoxy) is 4. The van der Waals surface area contributed by atoms with Gasteiger partial charge in [-0.05, 0) is 51.4 Å². The van der Waals surface area contributed by atoms with Crippen molar-refractivity contribution < 1.29 is 37.4 Å². The molecule has 0 radical (unpaired) electrons. The van der Waals surface area contributed by atoms with Crippen LogP contribution in [0.3, 0.4) is 0 Å². The van der Waals surface area contributed by atoms with E-state index in [1.807, 2.05) is 0 Å². The van der Waals surface area contributed by atoms with E-state index in [4.69, 9.17) is 33.7 Å². The highest BCUT2D eigenvalue weighted by atomic mass is 31.2. The second kappa shape index (κ2) is 11.6. The Morgan fingerprint density at radius 2 is 2.02 bits per heavy atom. The van der Waals surface area contributed by atoms with Gasteiger partial charge in [0.1, 0.15) is 29.8 Å². The zero-order valence-corrected chi connectivity index (χ0v) is 23.1. The first-order chi connectivity index (χ1) is 18.9. The van der Waals surface area contributed by atoms with E-state index in [0.29, 0.717) is 0 Å². The fourth-order valence-electron chi connectivity index (χ4n) is 4.27. The van der Waals surface area contributed by atoms with E-state index < -0.39 is 62.0 Å². The molecule has 2 aliphatic rings. The monoisotopic (exact) mass is 579 g/mol. The number of esters is 1. The molecule has 0 aliphatic carbocycles. The van der Waals surface area contributed by atoms with Gasteiger partial charge in [-0.2, -0.15) is 10.1 Å². The number of carbonyl (C=O) groups excluding carboxylic acids is 1. The third-order valence-corrected chi connectivity index (χ3v) is 7.54. The average molecular weight is 580 g/mol. The molecule has 3 N–H and O–H groups in total. The number of fused-ring (bicyclic) bond motifs is 1. The minimum atomic E-state index is -4.38. The molecule has 216 valence electrons. The number of nitrogens with zero attached hydrogens (tertiary/aromatic N) is 5. The third-order valence-electron chi connectivity index (χ3n) is 5.92. The van der Waals surface area contributed by atoms with Gasteiger partial charge in [0.05, 0.1) is 13.2 Å². The molecule has 1 unspecified atom stereocenters. The van der Waals surface area contributed by atoms with Crippen LogP contribution in [0.25, 0.3) is 10.4 Å². The Morgan fingerprint density at radius 3 is 2.67 bits per heavy atom. The molecule has 3 heterocycles. The van der Waals surface area contributed by atoms with E-state index in [0.717, 1.165) is 4.57 Å². The Bertz CT molecular complexity index is 1380. The number of rotatable bonds is 11. The number of aromatic nitrogens is 2. The van der Waals surface area contributed by atoms with E-state index in [1.54, 1.807) is 39.0 Å². The van der Waals surface area contributed by atoms with Crippen LogP contribution in [0.15, 0.2) is 52.5 Å². The first-order valence-corrected chi connectivity index (χ1v) is 13.8. The molecule has 16 nitrogen and oxygen atoms in total. The molecular formula is C23H30N7O9P. The van der Waals surface area contributed by atoms with Gasteiger partial charge >= 0.3 is 19.4 Å². The molecule has 6 atom stereocenters. The summed E-state index contributed by atoms with van der Waals surface area (Å²) < 4.78 is 49.6. The zero-order valence-electron chi connectivity index (χ0n) is 22.2. The predicted octanol–water partition coefficient (Wildman–Crippen LogP) is 2.63. The van der Waals surface area contributed by atoms with E-state index >= 15 is 0 Å². The molecule has 0 saturated carbocycles. The minimum Gasteiger partial charge on any atom is -0.465 e. The van der Waals surface area contributed by atoms with Crippen molar-refractivity contribution in [3.63, 3.8) is 0 Å². The van der Waals surface area contributed by atoms with Gasteiger partial charge in [0.2, 0.25) is 5.72 Å². The highest BCUT2D eigenvalue weighted by Gasteiger charge is 2.64. The molecule has 40 heavy (non-hydrogen) atoms. The molecule has 2 fully saturated rings. The normalized spacial score (nSPS) is 27.1. The summed E-state index contributed by atoms with van der Waals surface area (Å²) in [5.74, 6) is -1.73. The minimum absolute atomic E-state index is 0.00912. The molecule has 1 aromatic heterocycles. The molecule has 2 saturated heterocycles. The predicted molar refractivity (Wildman–Crippen MR) is 139 cm³/mol. The number of anilines is 1. The van der Waals surface area contributed by atoms with Crippen LogP contribution in [0.1, 0.15) is 33.9 Å². The summed E-state index contributed by atoms with van der Waals surface area (Å²) in [4.78, 5) is 31.5. The summed E-state index contributed by atoms with van der Waals surface area (Å²) in [5, 5.41) is 6.35. The molecule has 0 amide bonds. The van der Waals surface area contributed by atoms with Crippen LogP contribution in [-0.2, 0) is 32.8 Å². The summed E-state index contributed by atoms with van der Waals surface area (Å²) >= 11 is 0. The number of hydrogen-bond acceptors (Lipinski definition) is 12. The molecule has 0 spiro atoms. The highest BCUT2D eigenvalue weighted by Crippen LogP contribution is 2.52. The number of nitrogen functional groups attached to an aromatic ring is 1. The van der Waals surface area contributed by atoms with Gasteiger partial charge in [-0.25, -0.2) is 9.36 Å². The largest absolute Gasteiger partial charge is 0.465 e. The van der Waals surface area contributed by atoms with Crippen molar-refractivity contribution in [2.75, 3.05) is 18.9 Å². The van der Waals surface area contributed by atoms with E-state index in [9.17, 15) is 19.7 Å². The van der Waals surface area contributed by atoms with Crippen molar-refractivity contribution in [1.82, 2.24) is 14.6 Å². The van der Waals surface area contributed by atoms with Crippen molar-refractivity contribution in [3.05, 3.63) is 63.5 Å². The number of benzene rings is 1. The van der Waals surface area contributed by atoms with Gasteiger partial charge in [-0.3, -0.25) is 13.9 Å². The van der Waals surface area contributed by atoms with Gasteiger partial charge in [-0.1, -0.05) is 23.3 Å². The summed E-state index contributed by atoms with van der Waals surface area (Å²) in [7, 11) is -4.38. The molecule has 2 aliphatic heterocycles. The first kappa shape index (κ1) is 29.5. The van der Waals surface area contributed by atoms with Gasteiger partial charge in [0, 0.05) is 11.1 Å². The SMILES string of the molecule is CCOC(=O)[C@H](C)NP(=O)(OC[C@@]1(N=[N+]=[N-])O[C@@H](n2ccc(N)nc2=O)[C@@H]2OC(C)(C)O[C@@H]21)Oc1ccccc1. The van der Waals surface area contributed by atoms with Gasteiger partial charge in [0.15, 0.2) is 12.0 Å². The fraction of sp³-hybridized carbons (Fsp3) is 0.522. The maximum atomic E-state index is 14.0. The van der Waals surface area contributed by atoms with Crippen LogP contribution in [0.4, 0.5) is 5.82 Å². The van der Waals surface area contributed by atoms with Crippen LogP contribution < -0.4 is 21.0 Å². The van der Waals surface area contributed by atoms with Crippen LogP contribution in [0.5, 0.6) is 5.75 Å². The Labute approximate surface area is 228 Å². The van der Waals surface area contributed by atoms with E-state index in [-0.39, 0.29) is 18.2 Å². The number of carbonyl (C=O) groups is 1. The number of nitrogens with two attached hydrogens (primary N) is 1. The zero-order chi connectivity index (χ0) is 29.1. The average Bonchev–Trinajstić information content (AvgIpc) is 3.35. The maximum absolute atomic E-state index is 14.0. The third kappa shape index (κ3) is 6.29. The van der Waals surface area contributed by atoms with Crippen molar-refractivity contribution >= 4 is 19.5 Å². The lowest BCUT2D eigenvalue weighted by Crippen LogP contribution is -2.46. The van der Waals surface area contributed by atoms with Crippen molar-refractivity contribution in [2.45, 2.75) is 63.7 Å². The Hall–Kier alpha value is -3.49. The lowest BCUT2D eigenvalue weighted by atomic mass is 10.1. The van der Waals surface area contributed by atoms with Crippen LogP contribution in [0, 0.1) is 0 Å². The van der Waals surface area contributed by atoms with Crippen LogP contribution in [0.2, 0.25) is 0 Å². The highest BCUT2D eigenvalue weighted by molar-refractivity contribution is 7.52. The first-order valence-electron chi connectivity index (χ1n) is 12.3. The maximum Gasteiger partial charge on any atom is 0.459 e. The van der Waals surface area contributed by atoms with Gasteiger partial charge in [-0.15, -0.1) is 0 Å². The van der Waals surface area contributed by atoms with Crippen molar-refractivity contribution in [1.29, 1.82) is 0 Å². The lowest BCUT2D eigenvalue weighted by Gasteiger charge is -2.32. The Kier molecular flexibility index (Phi) is 8.52. The number of nitrogens with one attached hydrogen (secondary N) is 1.